The Morgan fingerprint density at radius 2 is 0.918 bits per heavy atom. The van der Waals surface area contributed by atoms with Crippen molar-refractivity contribution in [2.75, 3.05) is 13.2 Å². The Labute approximate surface area is 368 Å². The fourth-order valence-electron chi connectivity index (χ4n) is 7.50. The van der Waals surface area contributed by atoms with E-state index in [0.29, 0.717) is 12.8 Å². The van der Waals surface area contributed by atoms with E-state index < -0.39 is 75.7 Å². The summed E-state index contributed by atoms with van der Waals surface area (Å²) in [6.07, 6.45) is 26.9. The van der Waals surface area contributed by atoms with Crippen molar-refractivity contribution in [1.82, 2.24) is 0 Å². The Balaban J connectivity index is 2.42. The number of phosphoric ester groups is 1. The second-order valence-electron chi connectivity index (χ2n) is 17.0. The number of carbonyl (C=O) groups is 2. The molecule has 0 aromatic carbocycles. The molecule has 0 aromatic heterocycles. The highest BCUT2D eigenvalue weighted by Gasteiger charge is 2.51. The molecular formula is C47H87O13P. The summed E-state index contributed by atoms with van der Waals surface area (Å²) in [5.74, 6) is -1.10. The molecule has 13 nitrogen and oxygen atoms in total. The molecule has 0 aliphatic heterocycles. The lowest BCUT2D eigenvalue weighted by molar-refractivity contribution is -0.220. The van der Waals surface area contributed by atoms with Crippen LogP contribution in [0.3, 0.4) is 0 Å². The fourth-order valence-corrected chi connectivity index (χ4v) is 8.47. The van der Waals surface area contributed by atoms with Crippen LogP contribution in [0.15, 0.2) is 24.8 Å². The van der Waals surface area contributed by atoms with Gasteiger partial charge in [-0.3, -0.25) is 18.6 Å². The van der Waals surface area contributed by atoms with Crippen LogP contribution in [-0.4, -0.2) is 98.3 Å². The van der Waals surface area contributed by atoms with Crippen molar-refractivity contribution in [3.63, 3.8) is 0 Å². The van der Waals surface area contributed by atoms with E-state index in [1.807, 2.05) is 6.08 Å². The molecule has 1 aliphatic rings. The van der Waals surface area contributed by atoms with Crippen molar-refractivity contribution >= 4 is 19.8 Å². The van der Waals surface area contributed by atoms with Crippen LogP contribution < -0.4 is 0 Å². The Morgan fingerprint density at radius 1 is 0.541 bits per heavy atom. The van der Waals surface area contributed by atoms with E-state index >= 15 is 0 Å². The van der Waals surface area contributed by atoms with Crippen LogP contribution in [0, 0.1) is 0 Å². The van der Waals surface area contributed by atoms with Gasteiger partial charge in [0.2, 0.25) is 0 Å². The molecule has 8 atom stereocenters. The van der Waals surface area contributed by atoms with Gasteiger partial charge in [-0.25, -0.2) is 4.57 Å². The van der Waals surface area contributed by atoms with Crippen LogP contribution in [-0.2, 0) is 32.7 Å². The van der Waals surface area contributed by atoms with Gasteiger partial charge in [-0.05, 0) is 51.4 Å². The number of aliphatic hydroxyl groups excluding tert-OH is 5. The van der Waals surface area contributed by atoms with Crippen molar-refractivity contribution in [3.8, 4) is 0 Å². The van der Waals surface area contributed by atoms with Crippen LogP contribution in [0.5, 0.6) is 0 Å². The van der Waals surface area contributed by atoms with E-state index in [2.05, 4.69) is 25.7 Å². The number of esters is 2. The minimum absolute atomic E-state index is 0.0969. The van der Waals surface area contributed by atoms with Gasteiger partial charge in [-0.1, -0.05) is 160 Å². The van der Waals surface area contributed by atoms with E-state index in [1.165, 1.54) is 116 Å². The number of phosphoric acid groups is 1. The van der Waals surface area contributed by atoms with E-state index in [9.17, 15) is 44.6 Å². The molecule has 1 saturated carbocycles. The number of rotatable bonds is 41. The lowest BCUT2D eigenvalue weighted by atomic mass is 9.85. The van der Waals surface area contributed by atoms with Gasteiger partial charge in [0.25, 0.3) is 0 Å². The molecule has 6 unspecified atom stereocenters. The van der Waals surface area contributed by atoms with Crippen LogP contribution in [0.25, 0.3) is 0 Å². The highest BCUT2D eigenvalue weighted by atomic mass is 31.2. The number of hydrogen-bond acceptors (Lipinski definition) is 12. The van der Waals surface area contributed by atoms with Crippen molar-refractivity contribution in [1.29, 1.82) is 0 Å². The topological polar surface area (TPSA) is 210 Å². The number of carbonyl (C=O) groups excluding carboxylic acids is 2. The first-order valence-electron chi connectivity index (χ1n) is 24.1. The summed E-state index contributed by atoms with van der Waals surface area (Å²) < 4.78 is 33.6. The molecule has 0 saturated heterocycles. The lowest BCUT2D eigenvalue weighted by Crippen LogP contribution is -2.64. The molecule has 0 spiro atoms. The predicted molar refractivity (Wildman–Crippen MR) is 240 cm³/mol. The first-order valence-corrected chi connectivity index (χ1v) is 25.6. The molecular weight excluding hydrogens is 803 g/mol. The summed E-state index contributed by atoms with van der Waals surface area (Å²) in [6, 6.07) is 0. The van der Waals surface area contributed by atoms with Crippen LogP contribution in [0.4, 0.5) is 0 Å². The number of hydrogen-bond donors (Lipinski definition) is 6. The van der Waals surface area contributed by atoms with Gasteiger partial charge in [0, 0.05) is 12.8 Å². The molecule has 0 bridgehead atoms. The molecule has 1 fully saturated rings. The van der Waals surface area contributed by atoms with Crippen molar-refractivity contribution in [3.05, 3.63) is 24.8 Å². The van der Waals surface area contributed by atoms with Gasteiger partial charge < -0.3 is 39.9 Å². The van der Waals surface area contributed by atoms with Crippen LogP contribution in [0.1, 0.15) is 206 Å². The van der Waals surface area contributed by atoms with Gasteiger partial charge in [0.15, 0.2) is 6.10 Å². The Hall–Kier alpha value is -1.67. The van der Waals surface area contributed by atoms with Gasteiger partial charge >= 0.3 is 19.8 Å². The summed E-state index contributed by atoms with van der Waals surface area (Å²) in [5, 5.41) is 50.2. The summed E-state index contributed by atoms with van der Waals surface area (Å²) in [7, 11) is -5.12. The number of aliphatic hydroxyl groups is 5. The van der Waals surface area contributed by atoms with Gasteiger partial charge in [-0.2, -0.15) is 0 Å². The summed E-state index contributed by atoms with van der Waals surface area (Å²) in [5.41, 5.74) is 0. The fraction of sp³-hybridized carbons (Fsp3) is 0.872. The van der Waals surface area contributed by atoms with Gasteiger partial charge in [0.05, 0.1) is 6.61 Å². The zero-order valence-electron chi connectivity index (χ0n) is 37.8. The van der Waals surface area contributed by atoms with Crippen molar-refractivity contribution < 1.29 is 63.1 Å². The monoisotopic (exact) mass is 891 g/mol. The molecule has 61 heavy (non-hydrogen) atoms. The molecule has 0 heterocycles. The Bertz CT molecular complexity index is 1150. The largest absolute Gasteiger partial charge is 0.472 e. The molecule has 6 N–H and O–H groups in total. The Kier molecular flexibility index (Phi) is 35.4. The number of unbranched alkanes of at least 4 members (excludes halogenated alkanes) is 26. The van der Waals surface area contributed by atoms with Crippen LogP contribution >= 0.6 is 7.82 Å². The van der Waals surface area contributed by atoms with Gasteiger partial charge in [-0.15, -0.1) is 6.58 Å². The molecule has 358 valence electrons. The smallest absolute Gasteiger partial charge is 0.462 e. The van der Waals surface area contributed by atoms with E-state index in [0.717, 1.165) is 57.8 Å². The standard InChI is InChI=1S/C47H87O13P/c1-3-5-7-9-11-13-15-17-19-20-22-23-25-27-29-31-33-35-40(48)57-37-39(38-58-61(55,56)60-47-45(53)43(51)42(50)44(52)46(47)54)59-41(49)36-34-32-30-28-26-24-21-18-16-14-12-10-8-6-4-2/h4,13,15,39,42-47,50-54H,2-3,5-12,14,16-38H2,1H3,(H,55,56)/b15-13+/t39-,42?,43-,44?,45?,46?,47?/m0/s1. The molecule has 0 radical (unpaired) electrons. The van der Waals surface area contributed by atoms with E-state index in [1.54, 1.807) is 0 Å². The molecule has 1 rings (SSSR count). The lowest BCUT2D eigenvalue weighted by Gasteiger charge is -2.41. The van der Waals surface area contributed by atoms with Crippen molar-refractivity contribution in [2.45, 2.75) is 249 Å². The SMILES string of the molecule is C=CCCCCCCCCCCCCCCCC(=O)O[C@@H](COC(=O)CCCCCCCCCCC/C=C/CCCCCC)COP(=O)(O)OC1C(O)C(O)C(O)[C@H](O)C1O. The first-order chi connectivity index (χ1) is 29.4. The molecule has 0 aromatic rings. The summed E-state index contributed by atoms with van der Waals surface area (Å²) >= 11 is 0. The molecule has 0 amide bonds. The maximum atomic E-state index is 12.8. The quantitative estimate of drug-likeness (QED) is 0.0146. The minimum Gasteiger partial charge on any atom is -0.462 e. The maximum absolute atomic E-state index is 12.8. The third-order valence-electron chi connectivity index (χ3n) is 11.4. The second kappa shape index (κ2) is 37.7. The highest BCUT2D eigenvalue weighted by molar-refractivity contribution is 7.47. The first kappa shape index (κ1) is 57.3. The van der Waals surface area contributed by atoms with Crippen molar-refractivity contribution in [2.24, 2.45) is 0 Å². The number of ether oxygens (including phenoxy) is 2. The summed E-state index contributed by atoms with van der Waals surface area (Å²) in [6.45, 7) is 4.83. The molecule has 1 aliphatic carbocycles. The highest BCUT2D eigenvalue weighted by Crippen LogP contribution is 2.47. The Morgan fingerprint density at radius 3 is 1.36 bits per heavy atom. The third-order valence-corrected chi connectivity index (χ3v) is 12.4. The van der Waals surface area contributed by atoms with Crippen LogP contribution in [0.2, 0.25) is 0 Å². The zero-order chi connectivity index (χ0) is 45.0. The normalized spacial score (nSPS) is 22.0. The maximum Gasteiger partial charge on any atom is 0.472 e. The zero-order valence-corrected chi connectivity index (χ0v) is 38.7. The minimum atomic E-state index is -5.12. The molecule has 14 heteroatoms. The average molecular weight is 891 g/mol. The third kappa shape index (κ3) is 30.2. The number of allylic oxidation sites excluding steroid dienone is 3. The van der Waals surface area contributed by atoms with Gasteiger partial charge in [0.1, 0.15) is 43.2 Å². The second-order valence-corrected chi connectivity index (χ2v) is 18.5. The predicted octanol–water partition coefficient (Wildman–Crippen LogP) is 9.62. The van der Waals surface area contributed by atoms with E-state index in [-0.39, 0.29) is 12.8 Å². The average Bonchev–Trinajstić information content (AvgIpc) is 3.24. The van der Waals surface area contributed by atoms with E-state index in [4.69, 9.17) is 18.5 Å². The summed E-state index contributed by atoms with van der Waals surface area (Å²) in [4.78, 5) is 35.7.